The third kappa shape index (κ3) is 3.41. The van der Waals surface area contributed by atoms with E-state index in [1.54, 1.807) is 18.2 Å². The van der Waals surface area contributed by atoms with E-state index in [9.17, 15) is 14.4 Å². The Bertz CT molecular complexity index is 650. The number of rotatable bonds is 5. The summed E-state index contributed by atoms with van der Waals surface area (Å²) < 4.78 is 0. The number of imide groups is 1. The zero-order valence-electron chi connectivity index (χ0n) is 12.1. The molecule has 22 heavy (non-hydrogen) atoms. The van der Waals surface area contributed by atoms with Crippen molar-refractivity contribution in [3.63, 3.8) is 0 Å². The van der Waals surface area contributed by atoms with Crippen LogP contribution in [0.15, 0.2) is 24.3 Å². The summed E-state index contributed by atoms with van der Waals surface area (Å²) in [5.41, 5.74) is 0.858. The van der Waals surface area contributed by atoms with Crippen molar-refractivity contribution in [1.82, 2.24) is 10.2 Å². The van der Waals surface area contributed by atoms with E-state index in [0.717, 1.165) is 11.3 Å². The van der Waals surface area contributed by atoms with Gasteiger partial charge in [-0.15, -0.1) is 0 Å². The molecule has 2 N–H and O–H groups in total. The number of benzene rings is 1. The number of hydrogen-bond acceptors (Lipinski definition) is 4. The molecule has 4 amide bonds. The van der Waals surface area contributed by atoms with Gasteiger partial charge in [-0.2, -0.15) is 5.26 Å². The van der Waals surface area contributed by atoms with Crippen molar-refractivity contribution in [3.8, 4) is 6.07 Å². The van der Waals surface area contributed by atoms with Crippen LogP contribution in [0.4, 0.5) is 10.5 Å². The van der Waals surface area contributed by atoms with Gasteiger partial charge in [0.05, 0.1) is 11.6 Å². The smallest absolute Gasteiger partial charge is 0.325 e. The summed E-state index contributed by atoms with van der Waals surface area (Å²) in [6.45, 7) is 1.57. The number of urea groups is 1. The number of nitrogens with zero attached hydrogens (tertiary/aromatic N) is 2. The maximum atomic E-state index is 12.0. The Morgan fingerprint density at radius 1 is 1.45 bits per heavy atom. The maximum absolute atomic E-state index is 12.0. The van der Waals surface area contributed by atoms with Crippen molar-refractivity contribution in [2.24, 2.45) is 0 Å². The number of amides is 4. The fourth-order valence-electron chi connectivity index (χ4n) is 2.22. The first-order valence-electron chi connectivity index (χ1n) is 6.97. The summed E-state index contributed by atoms with van der Waals surface area (Å²) in [6.07, 6.45) is 1.31. The molecule has 1 aromatic carbocycles. The molecule has 0 radical (unpaired) electrons. The number of nitrogens with one attached hydrogen (secondary N) is 2. The molecular weight excluding hydrogens is 284 g/mol. The van der Waals surface area contributed by atoms with Crippen LogP contribution in [0, 0.1) is 11.3 Å². The second-order valence-corrected chi connectivity index (χ2v) is 4.96. The monoisotopic (exact) mass is 300 g/mol. The third-order valence-electron chi connectivity index (χ3n) is 3.26. The Morgan fingerprint density at radius 2 is 2.23 bits per heavy atom. The number of carbonyl (C=O) groups excluding carboxylic acids is 3. The van der Waals surface area contributed by atoms with Gasteiger partial charge >= 0.3 is 6.03 Å². The van der Waals surface area contributed by atoms with E-state index in [-0.39, 0.29) is 12.5 Å². The van der Waals surface area contributed by atoms with Crippen molar-refractivity contribution in [2.45, 2.75) is 25.8 Å². The lowest BCUT2D eigenvalue weighted by Gasteiger charge is -2.13. The van der Waals surface area contributed by atoms with Gasteiger partial charge in [-0.25, -0.2) is 4.79 Å². The van der Waals surface area contributed by atoms with E-state index in [0.29, 0.717) is 17.7 Å². The lowest BCUT2D eigenvalue weighted by molar-refractivity contribution is -0.130. The number of nitriles is 1. The average molecular weight is 300 g/mol. The zero-order chi connectivity index (χ0) is 16.1. The molecule has 0 aliphatic carbocycles. The van der Waals surface area contributed by atoms with Gasteiger partial charge in [0.1, 0.15) is 12.6 Å². The van der Waals surface area contributed by atoms with E-state index in [1.165, 1.54) is 6.07 Å². The molecule has 1 aliphatic rings. The minimum Gasteiger partial charge on any atom is -0.326 e. The third-order valence-corrected chi connectivity index (χ3v) is 3.26. The molecule has 1 saturated heterocycles. The van der Waals surface area contributed by atoms with Crippen LogP contribution in [0.5, 0.6) is 0 Å². The number of carbonyl (C=O) groups is 3. The fraction of sp³-hybridized carbons (Fsp3) is 0.333. The van der Waals surface area contributed by atoms with Crippen molar-refractivity contribution in [3.05, 3.63) is 29.8 Å². The van der Waals surface area contributed by atoms with Gasteiger partial charge in [0.15, 0.2) is 0 Å². The molecule has 1 aromatic rings. The van der Waals surface area contributed by atoms with Gasteiger partial charge in [0.25, 0.3) is 5.91 Å². The van der Waals surface area contributed by atoms with Crippen molar-refractivity contribution in [1.29, 1.82) is 5.26 Å². The molecule has 1 atom stereocenters. The molecule has 7 nitrogen and oxygen atoms in total. The number of hydrogen-bond donors (Lipinski definition) is 2. The summed E-state index contributed by atoms with van der Waals surface area (Å²) >= 11 is 0. The molecule has 114 valence electrons. The highest BCUT2D eigenvalue weighted by Gasteiger charge is 2.38. The molecule has 0 saturated carbocycles. The summed E-state index contributed by atoms with van der Waals surface area (Å²) in [7, 11) is 0. The van der Waals surface area contributed by atoms with Crippen molar-refractivity contribution >= 4 is 23.5 Å². The van der Waals surface area contributed by atoms with Gasteiger partial charge in [0.2, 0.25) is 5.91 Å². The second-order valence-electron chi connectivity index (χ2n) is 4.96. The van der Waals surface area contributed by atoms with E-state index in [1.807, 2.05) is 13.0 Å². The highest BCUT2D eigenvalue weighted by molar-refractivity contribution is 6.07. The molecule has 1 aliphatic heterocycles. The highest BCUT2D eigenvalue weighted by atomic mass is 16.2. The minimum absolute atomic E-state index is 0.346. The van der Waals surface area contributed by atoms with E-state index in [2.05, 4.69) is 10.6 Å². The number of anilines is 1. The quantitative estimate of drug-likeness (QED) is 0.798. The van der Waals surface area contributed by atoms with E-state index < -0.39 is 18.0 Å². The van der Waals surface area contributed by atoms with Gasteiger partial charge in [-0.3, -0.25) is 14.5 Å². The Hall–Kier alpha value is -2.88. The molecule has 7 heteroatoms. The molecule has 1 unspecified atom stereocenters. The molecule has 0 aromatic heterocycles. The molecule has 0 bridgehead atoms. The summed E-state index contributed by atoms with van der Waals surface area (Å²) in [4.78, 5) is 36.6. The Morgan fingerprint density at radius 3 is 2.91 bits per heavy atom. The fourth-order valence-corrected chi connectivity index (χ4v) is 2.22. The second kappa shape index (κ2) is 6.72. The van der Waals surface area contributed by atoms with Crippen LogP contribution in [0.3, 0.4) is 0 Å². The van der Waals surface area contributed by atoms with Crippen molar-refractivity contribution < 1.29 is 14.4 Å². The first-order valence-corrected chi connectivity index (χ1v) is 6.97. The molecule has 1 fully saturated rings. The Labute approximate surface area is 127 Å². The van der Waals surface area contributed by atoms with Crippen LogP contribution >= 0.6 is 0 Å². The van der Waals surface area contributed by atoms with Crippen LogP contribution in [0.25, 0.3) is 0 Å². The molecule has 0 spiro atoms. The van der Waals surface area contributed by atoms with Gasteiger partial charge in [0, 0.05) is 5.69 Å². The molecule has 2 rings (SSSR count). The Balaban J connectivity index is 1.98. The van der Waals surface area contributed by atoms with E-state index >= 15 is 0 Å². The Kier molecular flexibility index (Phi) is 4.73. The summed E-state index contributed by atoms with van der Waals surface area (Å²) in [5.74, 6) is -0.872. The normalized spacial score (nSPS) is 17.1. The van der Waals surface area contributed by atoms with Gasteiger partial charge < -0.3 is 10.6 Å². The van der Waals surface area contributed by atoms with Crippen LogP contribution in [-0.4, -0.2) is 35.3 Å². The van der Waals surface area contributed by atoms with Crippen LogP contribution < -0.4 is 10.6 Å². The summed E-state index contributed by atoms with van der Waals surface area (Å²) in [6, 6.07) is 7.27. The molecule has 1 heterocycles. The predicted molar refractivity (Wildman–Crippen MR) is 78.7 cm³/mol. The molecular formula is C15H16N4O3. The average Bonchev–Trinajstić information content (AvgIpc) is 2.75. The van der Waals surface area contributed by atoms with Crippen LogP contribution in [0.1, 0.15) is 25.3 Å². The largest absolute Gasteiger partial charge is 0.326 e. The lowest BCUT2D eigenvalue weighted by atomic mass is 10.2. The predicted octanol–water partition coefficient (Wildman–Crippen LogP) is 1.22. The first-order chi connectivity index (χ1) is 10.5. The minimum atomic E-state index is -0.552. The standard InChI is InChI=1S/C15H16N4O3/c1-2-4-12-14(21)19(15(22)18-12)9-13(20)17-11-6-3-5-10(7-11)8-16/h3,5-7,12H,2,4,9H2,1H3,(H,17,20)(H,18,22). The topological polar surface area (TPSA) is 102 Å². The lowest BCUT2D eigenvalue weighted by Crippen LogP contribution is -2.38. The van der Waals surface area contributed by atoms with Gasteiger partial charge in [-0.05, 0) is 24.6 Å². The van der Waals surface area contributed by atoms with Crippen molar-refractivity contribution in [2.75, 3.05) is 11.9 Å². The van der Waals surface area contributed by atoms with Crippen LogP contribution in [0.2, 0.25) is 0 Å². The summed E-state index contributed by atoms with van der Waals surface area (Å²) in [5, 5.41) is 13.9. The zero-order valence-corrected chi connectivity index (χ0v) is 12.1. The van der Waals surface area contributed by atoms with Crippen LogP contribution in [-0.2, 0) is 9.59 Å². The maximum Gasteiger partial charge on any atom is 0.325 e. The van der Waals surface area contributed by atoms with E-state index in [4.69, 9.17) is 5.26 Å². The first kappa shape index (κ1) is 15.5. The van der Waals surface area contributed by atoms with Gasteiger partial charge in [-0.1, -0.05) is 19.4 Å². The SMILES string of the molecule is CCCC1NC(=O)N(CC(=O)Nc2cccc(C#N)c2)C1=O. The highest BCUT2D eigenvalue weighted by Crippen LogP contribution is 2.13.